The molecular weight excluding hydrogens is 457 g/mol. The van der Waals surface area contributed by atoms with Gasteiger partial charge in [-0.1, -0.05) is 23.7 Å². The number of likely N-dealkylation sites (tertiary alicyclic amines) is 1. The van der Waals surface area contributed by atoms with Crippen LogP contribution in [0.4, 0.5) is 10.1 Å². The summed E-state index contributed by atoms with van der Waals surface area (Å²) in [6.45, 7) is 4.15. The van der Waals surface area contributed by atoms with Gasteiger partial charge in [-0.2, -0.15) is 0 Å². The number of nitrogens with zero attached hydrogens (tertiary/aromatic N) is 2. The van der Waals surface area contributed by atoms with Crippen LogP contribution in [-0.4, -0.2) is 60.5 Å². The van der Waals surface area contributed by atoms with Crippen LogP contribution in [0.2, 0.25) is 5.02 Å². The van der Waals surface area contributed by atoms with Crippen LogP contribution in [0.1, 0.15) is 29.5 Å². The lowest BCUT2D eigenvalue weighted by Crippen LogP contribution is -2.55. The second-order valence-corrected chi connectivity index (χ2v) is 9.36. The predicted molar refractivity (Wildman–Crippen MR) is 131 cm³/mol. The van der Waals surface area contributed by atoms with Crippen molar-refractivity contribution in [2.75, 3.05) is 32.1 Å². The molecule has 34 heavy (non-hydrogen) atoms. The summed E-state index contributed by atoms with van der Waals surface area (Å²) < 4.78 is 18.1. The minimum Gasteiger partial charge on any atom is -0.375 e. The molecule has 2 saturated heterocycles. The van der Waals surface area contributed by atoms with Crippen molar-refractivity contribution < 1.29 is 18.7 Å². The third-order valence-electron chi connectivity index (χ3n) is 6.42. The molecule has 2 unspecified atom stereocenters. The molecule has 6 nitrogen and oxygen atoms in total. The number of nitrogens with one attached hydrogen (secondary N) is 1. The molecule has 2 aliphatic rings. The Bertz CT molecular complexity index is 1080. The normalized spacial score (nSPS) is 20.2. The number of anilines is 1. The first-order chi connectivity index (χ1) is 16.3. The van der Waals surface area contributed by atoms with Crippen molar-refractivity contribution in [1.29, 1.82) is 0 Å². The van der Waals surface area contributed by atoms with Crippen LogP contribution >= 0.6 is 11.6 Å². The van der Waals surface area contributed by atoms with Crippen molar-refractivity contribution in [2.24, 2.45) is 0 Å². The van der Waals surface area contributed by atoms with E-state index in [0.717, 1.165) is 43.6 Å². The van der Waals surface area contributed by atoms with Crippen molar-refractivity contribution in [3.8, 4) is 0 Å². The number of ether oxygens (including phenoxy) is 1. The molecule has 0 spiro atoms. The standard InChI is InChI=1S/C26H29ClFN3O3/c1-17-11-19(24(12-23(17)27)29-25(32)16-34-2)5-10-26(33)31-21-8-9-22(31)15-30(14-21)13-18-3-6-20(28)7-4-18/h3-7,10-12,21-22H,8-9,13-16H2,1-2H3,(H,29,32). The number of rotatable bonds is 7. The number of fused-ring (bicyclic) bond motifs is 2. The fourth-order valence-electron chi connectivity index (χ4n) is 4.84. The van der Waals surface area contributed by atoms with Crippen LogP contribution in [-0.2, 0) is 20.9 Å². The Morgan fingerprint density at radius 3 is 2.50 bits per heavy atom. The number of hydrogen-bond donors (Lipinski definition) is 1. The molecule has 0 aromatic heterocycles. The third-order valence-corrected chi connectivity index (χ3v) is 6.82. The van der Waals surface area contributed by atoms with Gasteiger partial charge in [-0.3, -0.25) is 14.5 Å². The molecule has 0 radical (unpaired) electrons. The first kappa shape index (κ1) is 24.4. The Labute approximate surface area is 204 Å². The van der Waals surface area contributed by atoms with Crippen molar-refractivity contribution >= 4 is 35.2 Å². The zero-order chi connectivity index (χ0) is 24.2. The number of carbonyl (C=O) groups excluding carboxylic acids is 2. The molecule has 4 rings (SSSR count). The molecule has 2 heterocycles. The number of aryl methyl sites for hydroxylation is 1. The van der Waals surface area contributed by atoms with Gasteiger partial charge in [0.05, 0.1) is 0 Å². The maximum Gasteiger partial charge on any atom is 0.250 e. The summed E-state index contributed by atoms with van der Waals surface area (Å²) in [5.41, 5.74) is 3.17. The average Bonchev–Trinajstić information content (AvgIpc) is 3.07. The highest BCUT2D eigenvalue weighted by atomic mass is 35.5. The number of piperazine rings is 1. The van der Waals surface area contributed by atoms with E-state index < -0.39 is 0 Å². The SMILES string of the molecule is COCC(=O)Nc1cc(Cl)c(C)cc1C=CC(=O)N1C2CCC1CN(Cc1ccc(F)cc1)C2. The van der Waals surface area contributed by atoms with Gasteiger partial charge in [-0.15, -0.1) is 0 Å². The van der Waals surface area contributed by atoms with Gasteiger partial charge in [0, 0.05) is 55.6 Å². The minimum absolute atomic E-state index is 0.0318. The Morgan fingerprint density at radius 1 is 1.18 bits per heavy atom. The summed E-state index contributed by atoms with van der Waals surface area (Å²) in [4.78, 5) is 29.5. The lowest BCUT2D eigenvalue weighted by Gasteiger charge is -2.40. The molecule has 2 bridgehead atoms. The molecule has 2 amide bonds. The number of halogens is 2. The molecular formula is C26H29ClFN3O3. The number of benzene rings is 2. The van der Waals surface area contributed by atoms with Gasteiger partial charge < -0.3 is 15.0 Å². The van der Waals surface area contributed by atoms with E-state index in [1.807, 2.05) is 30.0 Å². The van der Waals surface area contributed by atoms with Crippen LogP contribution in [0.25, 0.3) is 6.08 Å². The molecule has 2 atom stereocenters. The number of amides is 2. The minimum atomic E-state index is -0.293. The van der Waals surface area contributed by atoms with Crippen molar-refractivity contribution in [3.63, 3.8) is 0 Å². The van der Waals surface area contributed by atoms with E-state index in [9.17, 15) is 14.0 Å². The monoisotopic (exact) mass is 485 g/mol. The van der Waals surface area contributed by atoms with E-state index in [-0.39, 0.29) is 36.3 Å². The van der Waals surface area contributed by atoms with Crippen molar-refractivity contribution in [2.45, 2.75) is 38.4 Å². The van der Waals surface area contributed by atoms with Gasteiger partial charge in [0.2, 0.25) is 11.8 Å². The van der Waals surface area contributed by atoms with E-state index in [4.69, 9.17) is 16.3 Å². The molecule has 2 fully saturated rings. The summed E-state index contributed by atoms with van der Waals surface area (Å²) >= 11 is 6.25. The van der Waals surface area contributed by atoms with Crippen LogP contribution in [0.3, 0.4) is 0 Å². The highest BCUT2D eigenvalue weighted by Crippen LogP contribution is 2.32. The van der Waals surface area contributed by atoms with Gasteiger partial charge >= 0.3 is 0 Å². The van der Waals surface area contributed by atoms with Gasteiger partial charge in [0.25, 0.3) is 0 Å². The lowest BCUT2D eigenvalue weighted by molar-refractivity contribution is -0.131. The Morgan fingerprint density at radius 2 is 1.85 bits per heavy atom. The van der Waals surface area contributed by atoms with Gasteiger partial charge in [-0.25, -0.2) is 4.39 Å². The van der Waals surface area contributed by atoms with Gasteiger partial charge in [0.15, 0.2) is 0 Å². The van der Waals surface area contributed by atoms with Crippen molar-refractivity contribution in [3.05, 3.63) is 70.0 Å². The van der Waals surface area contributed by atoms with Crippen LogP contribution < -0.4 is 5.32 Å². The van der Waals surface area contributed by atoms with E-state index in [0.29, 0.717) is 16.3 Å². The third kappa shape index (κ3) is 5.66. The molecule has 8 heteroatoms. The second kappa shape index (κ2) is 10.7. The number of carbonyl (C=O) groups is 2. The highest BCUT2D eigenvalue weighted by molar-refractivity contribution is 6.31. The second-order valence-electron chi connectivity index (χ2n) is 8.95. The zero-order valence-electron chi connectivity index (χ0n) is 19.4. The van der Waals surface area contributed by atoms with Crippen molar-refractivity contribution in [1.82, 2.24) is 9.80 Å². The molecule has 1 N–H and O–H groups in total. The van der Waals surface area contributed by atoms with E-state index in [2.05, 4.69) is 10.2 Å². The molecule has 2 aromatic carbocycles. The first-order valence-electron chi connectivity index (χ1n) is 11.4. The summed E-state index contributed by atoms with van der Waals surface area (Å²) in [6, 6.07) is 10.4. The molecule has 180 valence electrons. The Balaban J connectivity index is 1.44. The fourth-order valence-corrected chi connectivity index (χ4v) is 5.01. The van der Waals surface area contributed by atoms with Crippen LogP contribution in [0.15, 0.2) is 42.5 Å². The maximum absolute atomic E-state index is 13.2. The average molecular weight is 486 g/mol. The van der Waals surface area contributed by atoms with Gasteiger partial charge in [0.1, 0.15) is 12.4 Å². The Hall–Kier alpha value is -2.74. The van der Waals surface area contributed by atoms with E-state index in [1.54, 1.807) is 18.2 Å². The quantitative estimate of drug-likeness (QED) is 0.595. The summed E-state index contributed by atoms with van der Waals surface area (Å²) in [6.07, 6.45) is 5.26. The fraction of sp³-hybridized carbons (Fsp3) is 0.385. The van der Waals surface area contributed by atoms with Gasteiger partial charge in [-0.05, 0) is 66.8 Å². The van der Waals surface area contributed by atoms with E-state index in [1.165, 1.54) is 19.2 Å². The molecule has 0 aliphatic carbocycles. The lowest BCUT2D eigenvalue weighted by atomic mass is 10.1. The Kier molecular flexibility index (Phi) is 7.66. The largest absolute Gasteiger partial charge is 0.375 e. The molecule has 2 aromatic rings. The highest BCUT2D eigenvalue weighted by Gasteiger charge is 2.41. The number of methoxy groups -OCH3 is 1. The number of hydrogen-bond acceptors (Lipinski definition) is 4. The van der Waals surface area contributed by atoms with Crippen LogP contribution in [0.5, 0.6) is 0 Å². The van der Waals surface area contributed by atoms with Crippen LogP contribution in [0, 0.1) is 12.7 Å². The topological polar surface area (TPSA) is 61.9 Å². The predicted octanol–water partition coefficient (Wildman–Crippen LogP) is 4.26. The van der Waals surface area contributed by atoms with E-state index >= 15 is 0 Å². The maximum atomic E-state index is 13.2. The summed E-state index contributed by atoms with van der Waals surface area (Å²) in [7, 11) is 1.45. The smallest absolute Gasteiger partial charge is 0.250 e. The zero-order valence-corrected chi connectivity index (χ0v) is 20.1. The molecule has 2 aliphatic heterocycles. The summed E-state index contributed by atoms with van der Waals surface area (Å²) in [5, 5.41) is 3.32. The first-order valence-corrected chi connectivity index (χ1v) is 11.8. The molecule has 0 saturated carbocycles. The summed E-state index contributed by atoms with van der Waals surface area (Å²) in [5.74, 6) is -0.558.